The molecule has 0 bridgehead atoms. The normalized spacial score (nSPS) is 12.0. The molecule has 0 aliphatic heterocycles. The van der Waals surface area contributed by atoms with Crippen LogP contribution in [0.5, 0.6) is 0 Å². The Morgan fingerprint density at radius 2 is 2.10 bits per heavy atom. The van der Waals surface area contributed by atoms with E-state index in [1.807, 2.05) is 6.92 Å². The Bertz CT molecular complexity index is 642. The van der Waals surface area contributed by atoms with Crippen LogP contribution in [0.4, 0.5) is 17.3 Å². The maximum atomic E-state index is 11.2. The van der Waals surface area contributed by atoms with Crippen molar-refractivity contribution in [1.29, 1.82) is 0 Å². The maximum absolute atomic E-state index is 11.2. The van der Waals surface area contributed by atoms with Crippen LogP contribution in [-0.2, 0) is 0 Å². The Balaban J connectivity index is 2.30. The summed E-state index contributed by atoms with van der Waals surface area (Å²) in [6.45, 7) is 5.91. The number of oxazole rings is 1. The van der Waals surface area contributed by atoms with Crippen molar-refractivity contribution < 1.29 is 9.34 Å². The van der Waals surface area contributed by atoms with E-state index in [0.29, 0.717) is 18.2 Å². The van der Waals surface area contributed by atoms with Gasteiger partial charge in [0.2, 0.25) is 17.5 Å². The van der Waals surface area contributed by atoms with Gasteiger partial charge in [-0.3, -0.25) is 10.1 Å². The van der Waals surface area contributed by atoms with Crippen LogP contribution in [0, 0.1) is 17.0 Å². The Morgan fingerprint density at radius 1 is 1.38 bits per heavy atom. The molecule has 9 nitrogen and oxygen atoms in total. The third kappa shape index (κ3) is 3.25. The van der Waals surface area contributed by atoms with Crippen molar-refractivity contribution in [3.8, 4) is 0 Å². The number of rotatable bonds is 6. The summed E-state index contributed by atoms with van der Waals surface area (Å²) in [6.07, 6.45) is 2.85. The quantitative estimate of drug-likeness (QED) is 0.614. The number of aromatic nitrogens is 3. The fourth-order valence-electron chi connectivity index (χ4n) is 1.79. The molecule has 0 aliphatic carbocycles. The van der Waals surface area contributed by atoms with Crippen molar-refractivity contribution in [1.82, 2.24) is 15.0 Å². The number of aryl methyl sites for hydroxylation is 1. The summed E-state index contributed by atoms with van der Waals surface area (Å²) in [7, 11) is 0. The van der Waals surface area contributed by atoms with Crippen LogP contribution in [0.2, 0.25) is 0 Å². The van der Waals surface area contributed by atoms with Gasteiger partial charge < -0.3 is 15.1 Å². The van der Waals surface area contributed by atoms with E-state index in [4.69, 9.17) is 4.42 Å². The summed E-state index contributed by atoms with van der Waals surface area (Å²) in [5.41, 5.74) is -0.200. The minimum atomic E-state index is -0.520. The smallest absolute Gasteiger partial charge is 0.353 e. The molecular weight excluding hydrogens is 276 g/mol. The zero-order chi connectivity index (χ0) is 15.4. The molecule has 112 valence electrons. The van der Waals surface area contributed by atoms with E-state index >= 15 is 0 Å². The fraction of sp³-hybridized carbons (Fsp3) is 0.417. The number of nitro groups is 1. The van der Waals surface area contributed by atoms with Gasteiger partial charge in [-0.05, 0) is 20.8 Å². The van der Waals surface area contributed by atoms with Gasteiger partial charge in [-0.2, -0.15) is 0 Å². The van der Waals surface area contributed by atoms with Gasteiger partial charge in [0.25, 0.3) is 0 Å². The SMILES string of the molecule is CCNc1ncnc(NC(C)c2ncc(C)o2)c1[N+](=O)[O-]. The molecule has 0 spiro atoms. The molecule has 21 heavy (non-hydrogen) atoms. The highest BCUT2D eigenvalue weighted by Gasteiger charge is 2.24. The number of nitrogens with zero attached hydrogens (tertiary/aromatic N) is 4. The number of hydrogen-bond acceptors (Lipinski definition) is 8. The average molecular weight is 292 g/mol. The van der Waals surface area contributed by atoms with Gasteiger partial charge in [0.05, 0.1) is 11.1 Å². The maximum Gasteiger partial charge on any atom is 0.353 e. The largest absolute Gasteiger partial charge is 0.444 e. The molecule has 1 unspecified atom stereocenters. The zero-order valence-corrected chi connectivity index (χ0v) is 12.0. The monoisotopic (exact) mass is 292 g/mol. The minimum absolute atomic E-state index is 0.120. The predicted octanol–water partition coefficient (Wildman–Crippen LogP) is 2.29. The highest BCUT2D eigenvalue weighted by Crippen LogP contribution is 2.31. The third-order valence-electron chi connectivity index (χ3n) is 2.71. The molecule has 0 amide bonds. The van der Waals surface area contributed by atoms with Crippen LogP contribution in [0.1, 0.15) is 31.5 Å². The third-order valence-corrected chi connectivity index (χ3v) is 2.71. The molecule has 2 heterocycles. The van der Waals surface area contributed by atoms with E-state index in [1.54, 1.807) is 20.0 Å². The molecule has 9 heteroatoms. The summed E-state index contributed by atoms with van der Waals surface area (Å²) < 4.78 is 5.39. The van der Waals surface area contributed by atoms with Crippen LogP contribution in [0.25, 0.3) is 0 Å². The molecule has 0 aliphatic rings. The Hall–Kier alpha value is -2.71. The van der Waals surface area contributed by atoms with Crippen molar-refractivity contribution in [2.24, 2.45) is 0 Å². The van der Waals surface area contributed by atoms with Crippen LogP contribution >= 0.6 is 0 Å². The van der Waals surface area contributed by atoms with Gasteiger partial charge in [0, 0.05) is 6.54 Å². The first kappa shape index (κ1) is 14.7. The van der Waals surface area contributed by atoms with Crippen molar-refractivity contribution >= 4 is 17.3 Å². The summed E-state index contributed by atoms with van der Waals surface area (Å²) in [5, 5.41) is 17.0. The van der Waals surface area contributed by atoms with Crippen LogP contribution < -0.4 is 10.6 Å². The summed E-state index contributed by atoms with van der Waals surface area (Å²) in [4.78, 5) is 22.6. The summed E-state index contributed by atoms with van der Waals surface area (Å²) >= 11 is 0. The van der Waals surface area contributed by atoms with E-state index in [2.05, 4.69) is 25.6 Å². The van der Waals surface area contributed by atoms with Gasteiger partial charge in [-0.15, -0.1) is 0 Å². The second kappa shape index (κ2) is 6.16. The standard InChI is InChI=1S/C12H16N6O3/c1-4-13-10-9(18(19)20)11(16-6-15-10)17-8(3)12-14-5-7(2)21-12/h5-6,8H,4H2,1-3H3,(H2,13,15,16,17). The molecular formula is C12H16N6O3. The van der Waals surface area contributed by atoms with Crippen molar-refractivity contribution in [3.63, 3.8) is 0 Å². The van der Waals surface area contributed by atoms with E-state index in [0.717, 1.165) is 0 Å². The van der Waals surface area contributed by atoms with Crippen molar-refractivity contribution in [2.45, 2.75) is 26.8 Å². The lowest BCUT2D eigenvalue weighted by atomic mass is 10.3. The topological polar surface area (TPSA) is 119 Å². The average Bonchev–Trinajstić information content (AvgIpc) is 2.86. The number of nitrogens with one attached hydrogen (secondary N) is 2. The molecule has 0 saturated carbocycles. The lowest BCUT2D eigenvalue weighted by molar-refractivity contribution is -0.383. The lowest BCUT2D eigenvalue weighted by Gasteiger charge is -2.12. The molecule has 2 rings (SSSR count). The van der Waals surface area contributed by atoms with Crippen molar-refractivity contribution in [3.05, 3.63) is 34.3 Å². The molecule has 0 aromatic carbocycles. The number of anilines is 2. The summed E-state index contributed by atoms with van der Waals surface area (Å²) in [6, 6.07) is -0.359. The Morgan fingerprint density at radius 3 is 2.67 bits per heavy atom. The van der Waals surface area contributed by atoms with E-state index < -0.39 is 4.92 Å². The molecule has 1 atom stereocenters. The summed E-state index contributed by atoms with van der Waals surface area (Å²) in [5.74, 6) is 1.40. The molecule has 2 N–H and O–H groups in total. The molecule has 2 aromatic heterocycles. The first-order valence-electron chi connectivity index (χ1n) is 6.45. The second-order valence-electron chi connectivity index (χ2n) is 4.38. The fourth-order valence-corrected chi connectivity index (χ4v) is 1.79. The van der Waals surface area contributed by atoms with Crippen molar-refractivity contribution in [2.75, 3.05) is 17.2 Å². The zero-order valence-electron chi connectivity index (χ0n) is 12.0. The second-order valence-corrected chi connectivity index (χ2v) is 4.38. The highest BCUT2D eigenvalue weighted by molar-refractivity contribution is 5.69. The van der Waals surface area contributed by atoms with Gasteiger partial charge in [-0.25, -0.2) is 15.0 Å². The first-order valence-corrected chi connectivity index (χ1v) is 6.45. The van der Waals surface area contributed by atoms with Crippen LogP contribution in [0.15, 0.2) is 16.9 Å². The van der Waals surface area contributed by atoms with Crippen LogP contribution in [0.3, 0.4) is 0 Å². The van der Waals surface area contributed by atoms with E-state index in [9.17, 15) is 10.1 Å². The first-order chi connectivity index (χ1) is 10.0. The minimum Gasteiger partial charge on any atom is -0.444 e. The molecule has 2 aromatic rings. The van der Waals surface area contributed by atoms with Crippen LogP contribution in [-0.4, -0.2) is 26.4 Å². The van der Waals surface area contributed by atoms with Gasteiger partial charge in [0.15, 0.2) is 0 Å². The lowest BCUT2D eigenvalue weighted by Crippen LogP contribution is -2.12. The van der Waals surface area contributed by atoms with E-state index in [1.165, 1.54) is 6.33 Å². The number of hydrogen-bond donors (Lipinski definition) is 2. The van der Waals surface area contributed by atoms with E-state index in [-0.39, 0.29) is 23.4 Å². The van der Waals surface area contributed by atoms with Gasteiger partial charge >= 0.3 is 5.69 Å². The van der Waals surface area contributed by atoms with Gasteiger partial charge in [-0.1, -0.05) is 0 Å². The molecule has 0 fully saturated rings. The Kier molecular flexibility index (Phi) is 4.31. The predicted molar refractivity (Wildman–Crippen MR) is 76.1 cm³/mol. The Labute approximate surface area is 121 Å². The van der Waals surface area contributed by atoms with Gasteiger partial charge in [0.1, 0.15) is 18.1 Å². The molecule has 0 radical (unpaired) electrons. The highest BCUT2D eigenvalue weighted by atomic mass is 16.6. The molecule has 0 saturated heterocycles.